The van der Waals surface area contributed by atoms with Gasteiger partial charge >= 0.3 is 0 Å². The average molecular weight is 393 g/mol. The number of thiocarbonyl (C=S) groups is 1. The Balaban J connectivity index is 1.55. The van der Waals surface area contributed by atoms with Crippen LogP contribution in [-0.4, -0.2) is 54.1 Å². The van der Waals surface area contributed by atoms with E-state index in [0.717, 1.165) is 44.2 Å². The lowest BCUT2D eigenvalue weighted by Gasteiger charge is -2.30. The second kappa shape index (κ2) is 7.31. The van der Waals surface area contributed by atoms with Gasteiger partial charge in [-0.2, -0.15) is 5.10 Å². The molecule has 1 saturated heterocycles. The van der Waals surface area contributed by atoms with Crippen molar-refractivity contribution < 1.29 is 9.59 Å². The number of rotatable bonds is 5. The Morgan fingerprint density at radius 1 is 1.31 bits per heavy atom. The van der Waals surface area contributed by atoms with E-state index < -0.39 is 0 Å². The molecule has 0 aromatic carbocycles. The Bertz CT molecular complexity index is 739. The molecule has 1 saturated carbocycles. The SMILES string of the molecule is Cn1nc(CN(C(=O)CN2C(=O)CSC2=S)C2CCCC2)c2c1CCC2. The lowest BCUT2D eigenvalue weighted by molar-refractivity contribution is -0.138. The highest BCUT2D eigenvalue weighted by Crippen LogP contribution is 2.30. The molecule has 8 heteroatoms. The van der Waals surface area contributed by atoms with Crippen molar-refractivity contribution in [2.24, 2.45) is 7.05 Å². The van der Waals surface area contributed by atoms with Gasteiger partial charge < -0.3 is 4.90 Å². The van der Waals surface area contributed by atoms with Gasteiger partial charge in [-0.3, -0.25) is 19.2 Å². The number of hydrogen-bond donors (Lipinski definition) is 0. The largest absolute Gasteiger partial charge is 0.332 e. The predicted molar refractivity (Wildman–Crippen MR) is 105 cm³/mol. The lowest BCUT2D eigenvalue weighted by atomic mass is 10.1. The summed E-state index contributed by atoms with van der Waals surface area (Å²) in [7, 11) is 1.99. The van der Waals surface area contributed by atoms with Gasteiger partial charge in [-0.05, 0) is 37.7 Å². The second-order valence-electron chi connectivity index (χ2n) is 7.34. The molecule has 6 nitrogen and oxygen atoms in total. The highest BCUT2D eigenvalue weighted by molar-refractivity contribution is 8.23. The second-order valence-corrected chi connectivity index (χ2v) is 8.95. The molecule has 140 valence electrons. The Labute approximate surface area is 163 Å². The molecule has 0 bridgehead atoms. The third-order valence-corrected chi connectivity index (χ3v) is 7.17. The highest BCUT2D eigenvalue weighted by atomic mass is 32.2. The van der Waals surface area contributed by atoms with Gasteiger partial charge in [-0.15, -0.1) is 0 Å². The van der Waals surface area contributed by atoms with Crippen molar-refractivity contribution in [1.29, 1.82) is 0 Å². The minimum atomic E-state index is -0.0570. The zero-order valence-electron chi connectivity index (χ0n) is 15.1. The number of thioether (sulfide) groups is 1. The molecule has 1 aromatic heterocycles. The van der Waals surface area contributed by atoms with E-state index in [2.05, 4.69) is 0 Å². The van der Waals surface area contributed by atoms with Crippen molar-refractivity contribution in [1.82, 2.24) is 19.6 Å². The van der Waals surface area contributed by atoms with E-state index >= 15 is 0 Å². The van der Waals surface area contributed by atoms with Crippen LogP contribution >= 0.6 is 24.0 Å². The number of fused-ring (bicyclic) bond motifs is 1. The van der Waals surface area contributed by atoms with Crippen molar-refractivity contribution in [3.63, 3.8) is 0 Å². The monoisotopic (exact) mass is 392 g/mol. The molecule has 2 heterocycles. The Kier molecular flexibility index (Phi) is 5.05. The topological polar surface area (TPSA) is 58.4 Å². The van der Waals surface area contributed by atoms with Crippen LogP contribution in [0.1, 0.15) is 49.1 Å². The summed E-state index contributed by atoms with van der Waals surface area (Å²) in [6.07, 6.45) is 7.68. The van der Waals surface area contributed by atoms with Gasteiger partial charge in [0.25, 0.3) is 0 Å². The first-order valence-electron chi connectivity index (χ1n) is 9.35. The number of nitrogens with zero attached hydrogens (tertiary/aromatic N) is 4. The molecule has 0 radical (unpaired) electrons. The van der Waals surface area contributed by atoms with E-state index in [4.69, 9.17) is 17.3 Å². The minimum Gasteiger partial charge on any atom is -0.332 e. The molecule has 2 amide bonds. The average Bonchev–Trinajstić information content (AvgIpc) is 3.38. The fourth-order valence-corrected chi connectivity index (χ4v) is 5.45. The van der Waals surface area contributed by atoms with Crippen LogP contribution in [0.4, 0.5) is 0 Å². The smallest absolute Gasteiger partial charge is 0.243 e. The number of carbonyl (C=O) groups is 2. The molecule has 3 aliphatic rings. The summed E-state index contributed by atoms with van der Waals surface area (Å²) in [5.74, 6) is 0.287. The summed E-state index contributed by atoms with van der Waals surface area (Å²) in [6.45, 7) is 0.616. The van der Waals surface area contributed by atoms with Gasteiger partial charge in [-0.1, -0.05) is 36.8 Å². The normalized spacial score (nSPS) is 20.3. The van der Waals surface area contributed by atoms with Gasteiger partial charge in [0.05, 0.1) is 18.0 Å². The van der Waals surface area contributed by atoms with Crippen LogP contribution in [0, 0.1) is 0 Å². The zero-order valence-corrected chi connectivity index (χ0v) is 16.7. The molecule has 1 aliphatic heterocycles. The molecule has 0 unspecified atom stereocenters. The molecule has 26 heavy (non-hydrogen) atoms. The van der Waals surface area contributed by atoms with Gasteiger partial charge in [-0.25, -0.2) is 0 Å². The van der Waals surface area contributed by atoms with Crippen LogP contribution in [0.15, 0.2) is 0 Å². The summed E-state index contributed by atoms with van der Waals surface area (Å²) in [5.41, 5.74) is 3.67. The zero-order chi connectivity index (χ0) is 18.3. The molecule has 1 aromatic rings. The molecule has 4 rings (SSSR count). The maximum absolute atomic E-state index is 13.1. The van der Waals surface area contributed by atoms with Crippen molar-refractivity contribution >= 4 is 40.1 Å². The summed E-state index contributed by atoms with van der Waals surface area (Å²) in [5, 5.41) is 4.70. The molecular formula is C18H24N4O2S2. The van der Waals surface area contributed by atoms with E-state index in [1.807, 2.05) is 16.6 Å². The number of aromatic nitrogens is 2. The van der Waals surface area contributed by atoms with Crippen LogP contribution in [0.25, 0.3) is 0 Å². The first-order valence-corrected chi connectivity index (χ1v) is 10.7. The van der Waals surface area contributed by atoms with E-state index in [-0.39, 0.29) is 24.4 Å². The number of aryl methyl sites for hydroxylation is 1. The molecule has 0 spiro atoms. The third kappa shape index (κ3) is 3.29. The summed E-state index contributed by atoms with van der Waals surface area (Å²) >= 11 is 6.58. The van der Waals surface area contributed by atoms with Crippen molar-refractivity contribution in [3.8, 4) is 0 Å². The van der Waals surface area contributed by atoms with E-state index in [0.29, 0.717) is 16.6 Å². The minimum absolute atomic E-state index is 0.00694. The van der Waals surface area contributed by atoms with Crippen molar-refractivity contribution in [2.75, 3.05) is 12.3 Å². The van der Waals surface area contributed by atoms with Gasteiger partial charge in [0.2, 0.25) is 11.8 Å². The van der Waals surface area contributed by atoms with E-state index in [1.165, 1.54) is 34.3 Å². The quantitative estimate of drug-likeness (QED) is 0.718. The molecule has 2 fully saturated rings. The maximum Gasteiger partial charge on any atom is 0.243 e. The highest BCUT2D eigenvalue weighted by Gasteiger charge is 2.34. The van der Waals surface area contributed by atoms with Crippen LogP contribution in [0.2, 0.25) is 0 Å². The van der Waals surface area contributed by atoms with Crippen molar-refractivity contribution in [3.05, 3.63) is 17.0 Å². The van der Waals surface area contributed by atoms with Gasteiger partial charge in [0.15, 0.2) is 0 Å². The van der Waals surface area contributed by atoms with Crippen molar-refractivity contribution in [2.45, 2.75) is 57.5 Å². The fourth-order valence-electron chi connectivity index (χ4n) is 4.38. The summed E-state index contributed by atoms with van der Waals surface area (Å²) in [4.78, 5) is 28.6. The molecule has 0 N–H and O–H groups in total. The molecule has 2 aliphatic carbocycles. The van der Waals surface area contributed by atoms with Gasteiger partial charge in [0, 0.05) is 18.8 Å². The first-order chi connectivity index (χ1) is 12.5. The van der Waals surface area contributed by atoms with Crippen LogP contribution in [0.3, 0.4) is 0 Å². The summed E-state index contributed by atoms with van der Waals surface area (Å²) < 4.78 is 2.50. The maximum atomic E-state index is 13.1. The third-order valence-electron chi connectivity index (χ3n) is 5.74. The van der Waals surface area contributed by atoms with Crippen LogP contribution in [0.5, 0.6) is 0 Å². The Morgan fingerprint density at radius 3 is 2.77 bits per heavy atom. The Morgan fingerprint density at radius 2 is 2.08 bits per heavy atom. The van der Waals surface area contributed by atoms with Crippen LogP contribution in [-0.2, 0) is 36.0 Å². The summed E-state index contributed by atoms with van der Waals surface area (Å²) in [6, 6.07) is 0.250. The van der Waals surface area contributed by atoms with E-state index in [1.54, 1.807) is 0 Å². The predicted octanol–water partition coefficient (Wildman–Crippen LogP) is 2.04. The lowest BCUT2D eigenvalue weighted by Crippen LogP contribution is -2.45. The number of amides is 2. The molecule has 0 atom stereocenters. The number of carbonyl (C=O) groups excluding carboxylic acids is 2. The first kappa shape index (κ1) is 18.0. The fraction of sp³-hybridized carbons (Fsp3) is 0.667. The molecular weight excluding hydrogens is 368 g/mol. The Hall–Kier alpha value is -1.41. The van der Waals surface area contributed by atoms with Crippen LogP contribution < -0.4 is 0 Å². The van der Waals surface area contributed by atoms with Gasteiger partial charge in [0.1, 0.15) is 10.9 Å². The van der Waals surface area contributed by atoms with E-state index in [9.17, 15) is 9.59 Å². The standard InChI is InChI=1S/C18H24N4O2S2/c1-20-15-8-4-7-13(15)14(19-20)9-21(12-5-2-3-6-12)16(23)10-22-17(24)11-26-18(22)25/h12H,2-11H2,1H3. The number of hydrogen-bond acceptors (Lipinski definition) is 5.